The first-order valence-electron chi connectivity index (χ1n) is 7.11. The fourth-order valence-electron chi connectivity index (χ4n) is 2.02. The number of rotatable bonds is 8. The lowest BCUT2D eigenvalue weighted by molar-refractivity contribution is -0.143. The molecule has 0 radical (unpaired) electrons. The van der Waals surface area contributed by atoms with Crippen LogP contribution in [0, 0.1) is 0 Å². The predicted octanol–water partition coefficient (Wildman–Crippen LogP) is 2.50. The molecule has 6 heteroatoms. The maximum atomic E-state index is 11.3. The fourth-order valence-corrected chi connectivity index (χ4v) is 2.35. The summed E-state index contributed by atoms with van der Waals surface area (Å²) in [5.41, 5.74) is 1.94. The molecule has 1 heterocycles. The quantitative estimate of drug-likeness (QED) is 0.692. The lowest BCUT2D eigenvalue weighted by atomic mass is 10.3. The van der Waals surface area contributed by atoms with Crippen LogP contribution in [-0.4, -0.2) is 40.8 Å². The minimum Gasteiger partial charge on any atom is -0.466 e. The van der Waals surface area contributed by atoms with E-state index in [9.17, 15) is 4.79 Å². The summed E-state index contributed by atoms with van der Waals surface area (Å²) in [6.07, 6.45) is 1.22. The van der Waals surface area contributed by atoms with Crippen molar-refractivity contribution in [3.8, 4) is 0 Å². The summed E-state index contributed by atoms with van der Waals surface area (Å²) < 4.78 is 6.86. The van der Waals surface area contributed by atoms with Gasteiger partial charge in [0, 0.05) is 19.6 Å². The normalized spacial score (nSPS) is 11.1. The molecule has 5 nitrogen and oxygen atoms in total. The SMILES string of the molecule is CCOC(=O)CCN(C)Cc1c(Cl)c(CC)nn1CC. The number of esters is 1. The number of ether oxygens (including phenoxy) is 1. The molecule has 1 rings (SSSR count). The van der Waals surface area contributed by atoms with E-state index in [1.165, 1.54) is 0 Å². The Morgan fingerprint density at radius 2 is 2.10 bits per heavy atom. The molecule has 0 saturated carbocycles. The van der Waals surface area contributed by atoms with Gasteiger partial charge in [-0.2, -0.15) is 5.10 Å². The van der Waals surface area contributed by atoms with Gasteiger partial charge < -0.3 is 4.74 Å². The Labute approximate surface area is 125 Å². The minimum absolute atomic E-state index is 0.163. The summed E-state index contributed by atoms with van der Waals surface area (Å²) in [6, 6.07) is 0. The molecule has 20 heavy (non-hydrogen) atoms. The molecule has 0 saturated heterocycles. The molecule has 0 fully saturated rings. The second kappa shape index (κ2) is 8.27. The Balaban J connectivity index is 2.63. The second-order valence-electron chi connectivity index (χ2n) is 4.67. The zero-order valence-electron chi connectivity index (χ0n) is 12.8. The molecule has 0 amide bonds. The molecule has 1 aromatic heterocycles. The number of aromatic nitrogens is 2. The van der Waals surface area contributed by atoms with E-state index in [0.29, 0.717) is 26.1 Å². The van der Waals surface area contributed by atoms with Crippen LogP contribution in [0.25, 0.3) is 0 Å². The average Bonchev–Trinajstić information content (AvgIpc) is 2.73. The van der Waals surface area contributed by atoms with Gasteiger partial charge in [-0.15, -0.1) is 0 Å². The Hall–Kier alpha value is -1.07. The van der Waals surface area contributed by atoms with Gasteiger partial charge in [0.2, 0.25) is 0 Å². The first-order chi connectivity index (χ1) is 9.53. The molecular weight excluding hydrogens is 278 g/mol. The Morgan fingerprint density at radius 1 is 1.40 bits per heavy atom. The summed E-state index contributed by atoms with van der Waals surface area (Å²) in [7, 11) is 1.97. The van der Waals surface area contributed by atoms with Crippen molar-refractivity contribution in [2.24, 2.45) is 0 Å². The van der Waals surface area contributed by atoms with Crippen LogP contribution in [0.5, 0.6) is 0 Å². The van der Waals surface area contributed by atoms with E-state index < -0.39 is 0 Å². The van der Waals surface area contributed by atoms with Gasteiger partial charge in [0.1, 0.15) is 0 Å². The predicted molar refractivity (Wildman–Crippen MR) is 79.9 cm³/mol. The van der Waals surface area contributed by atoms with Gasteiger partial charge in [-0.3, -0.25) is 14.4 Å². The molecule has 0 aliphatic heterocycles. The van der Waals surface area contributed by atoms with Gasteiger partial charge in [-0.05, 0) is 27.3 Å². The smallest absolute Gasteiger partial charge is 0.307 e. The van der Waals surface area contributed by atoms with Crippen molar-refractivity contribution in [2.45, 2.75) is 46.7 Å². The molecule has 0 aromatic carbocycles. The largest absolute Gasteiger partial charge is 0.466 e. The van der Waals surface area contributed by atoms with Crippen molar-refractivity contribution in [3.05, 3.63) is 16.4 Å². The standard InChI is InChI=1S/C14H24ClN3O2/c1-5-11-14(15)12(18(6-2)16-11)10-17(4)9-8-13(19)20-7-3/h5-10H2,1-4H3. The molecule has 0 N–H and O–H groups in total. The van der Waals surface area contributed by atoms with Crippen molar-refractivity contribution >= 4 is 17.6 Å². The van der Waals surface area contributed by atoms with Gasteiger partial charge in [-0.25, -0.2) is 0 Å². The number of halogens is 1. The van der Waals surface area contributed by atoms with Gasteiger partial charge in [0.25, 0.3) is 0 Å². The summed E-state index contributed by atoms with van der Waals surface area (Å²) in [4.78, 5) is 13.4. The van der Waals surface area contributed by atoms with E-state index >= 15 is 0 Å². The lowest BCUT2D eigenvalue weighted by Gasteiger charge is -2.17. The van der Waals surface area contributed by atoms with Crippen LogP contribution in [0.4, 0.5) is 0 Å². The number of nitrogens with zero attached hydrogens (tertiary/aromatic N) is 3. The highest BCUT2D eigenvalue weighted by molar-refractivity contribution is 6.31. The van der Waals surface area contributed by atoms with Crippen LogP contribution in [-0.2, 0) is 29.0 Å². The van der Waals surface area contributed by atoms with Gasteiger partial charge in [0.15, 0.2) is 0 Å². The van der Waals surface area contributed by atoms with Gasteiger partial charge in [0.05, 0.1) is 29.4 Å². The molecule has 114 valence electrons. The highest BCUT2D eigenvalue weighted by Crippen LogP contribution is 2.22. The van der Waals surface area contributed by atoms with E-state index in [-0.39, 0.29) is 5.97 Å². The number of hydrogen-bond acceptors (Lipinski definition) is 4. The van der Waals surface area contributed by atoms with Crippen LogP contribution in [0.15, 0.2) is 0 Å². The first kappa shape index (κ1) is 17.0. The van der Waals surface area contributed by atoms with Crippen molar-refractivity contribution < 1.29 is 9.53 Å². The van der Waals surface area contributed by atoms with Crippen molar-refractivity contribution in [3.63, 3.8) is 0 Å². The Kier molecular flexibility index (Phi) is 7.02. The maximum Gasteiger partial charge on any atom is 0.307 e. The molecule has 1 aromatic rings. The van der Waals surface area contributed by atoms with Crippen LogP contribution >= 0.6 is 11.6 Å². The Bertz CT molecular complexity index is 446. The average molecular weight is 302 g/mol. The summed E-state index contributed by atoms with van der Waals surface area (Å²) in [6.45, 7) is 8.45. The lowest BCUT2D eigenvalue weighted by Crippen LogP contribution is -2.24. The van der Waals surface area contributed by atoms with Crippen molar-refractivity contribution in [1.82, 2.24) is 14.7 Å². The van der Waals surface area contributed by atoms with E-state index in [1.807, 2.05) is 32.5 Å². The molecule has 0 bridgehead atoms. The van der Waals surface area contributed by atoms with E-state index in [4.69, 9.17) is 16.3 Å². The highest BCUT2D eigenvalue weighted by Gasteiger charge is 2.16. The molecule has 0 aliphatic carbocycles. The van der Waals surface area contributed by atoms with Crippen LogP contribution in [0.1, 0.15) is 38.6 Å². The second-order valence-corrected chi connectivity index (χ2v) is 5.05. The first-order valence-corrected chi connectivity index (χ1v) is 7.49. The van der Waals surface area contributed by atoms with E-state index in [1.54, 1.807) is 0 Å². The fraction of sp³-hybridized carbons (Fsp3) is 0.714. The summed E-state index contributed by atoms with van der Waals surface area (Å²) in [5, 5.41) is 5.24. The zero-order valence-corrected chi connectivity index (χ0v) is 13.5. The molecule has 0 spiro atoms. The number of hydrogen-bond donors (Lipinski definition) is 0. The van der Waals surface area contributed by atoms with Crippen LogP contribution in [0.3, 0.4) is 0 Å². The molecule has 0 aliphatic rings. The third kappa shape index (κ3) is 4.49. The van der Waals surface area contributed by atoms with Gasteiger partial charge in [-0.1, -0.05) is 18.5 Å². The zero-order chi connectivity index (χ0) is 15.1. The monoisotopic (exact) mass is 301 g/mol. The topological polar surface area (TPSA) is 47.4 Å². The summed E-state index contributed by atoms with van der Waals surface area (Å²) in [5.74, 6) is -0.163. The van der Waals surface area contributed by atoms with Crippen molar-refractivity contribution in [1.29, 1.82) is 0 Å². The Morgan fingerprint density at radius 3 is 2.65 bits per heavy atom. The van der Waals surface area contributed by atoms with E-state index in [2.05, 4.69) is 10.00 Å². The molecule has 0 unspecified atom stereocenters. The molecule has 0 atom stereocenters. The molecular formula is C14H24ClN3O2. The maximum absolute atomic E-state index is 11.3. The highest BCUT2D eigenvalue weighted by atomic mass is 35.5. The third-order valence-electron chi connectivity index (χ3n) is 3.12. The van der Waals surface area contributed by atoms with Gasteiger partial charge >= 0.3 is 5.97 Å². The summed E-state index contributed by atoms with van der Waals surface area (Å²) >= 11 is 6.36. The number of aryl methyl sites for hydroxylation is 2. The van der Waals surface area contributed by atoms with Crippen LogP contribution in [0.2, 0.25) is 5.02 Å². The van der Waals surface area contributed by atoms with Crippen molar-refractivity contribution in [2.75, 3.05) is 20.2 Å². The van der Waals surface area contributed by atoms with E-state index in [0.717, 1.165) is 29.4 Å². The third-order valence-corrected chi connectivity index (χ3v) is 3.55. The van der Waals surface area contributed by atoms with Crippen LogP contribution < -0.4 is 0 Å². The minimum atomic E-state index is -0.163. The number of carbonyl (C=O) groups is 1. The number of carbonyl (C=O) groups excluding carboxylic acids is 1.